The Morgan fingerprint density at radius 1 is 0.966 bits per heavy atom. The van der Waals surface area contributed by atoms with Gasteiger partial charge in [0.1, 0.15) is 17.3 Å². The predicted octanol–water partition coefficient (Wildman–Crippen LogP) is 3.68. The number of carbonyl (C=O) groups excluding carboxylic acids is 1. The minimum Gasteiger partial charge on any atom is -0.497 e. The Hall–Kier alpha value is -3.54. The molecule has 0 fully saturated rings. The number of hydrogen-bond donors (Lipinski definition) is 2. The monoisotopic (exact) mass is 391 g/mol. The Balaban J connectivity index is 1.47. The standard InChI is InChI=1S/C23H25N3O3/c1-28-20-10-7-17(8-11-20)15-25-22-12-9-19(16-26-22)23(27)24-14-13-18-5-3-4-6-21(18)29-2/h3-12,16H,13-15H2,1-2H3,(H,24,27)(H,25,26). The lowest BCUT2D eigenvalue weighted by Crippen LogP contribution is -2.25. The molecule has 0 radical (unpaired) electrons. The summed E-state index contributed by atoms with van der Waals surface area (Å²) in [4.78, 5) is 16.7. The second-order valence-electron chi connectivity index (χ2n) is 6.45. The number of para-hydroxylation sites is 1. The van der Waals surface area contributed by atoms with Crippen LogP contribution in [0.4, 0.5) is 5.82 Å². The maximum Gasteiger partial charge on any atom is 0.252 e. The first kappa shape index (κ1) is 20.2. The fraction of sp³-hybridized carbons (Fsp3) is 0.217. The van der Waals surface area contributed by atoms with E-state index in [9.17, 15) is 4.79 Å². The fourth-order valence-corrected chi connectivity index (χ4v) is 2.89. The van der Waals surface area contributed by atoms with Crippen LogP contribution in [0.2, 0.25) is 0 Å². The Morgan fingerprint density at radius 2 is 1.76 bits per heavy atom. The molecule has 0 spiro atoms. The molecular formula is C23H25N3O3. The van der Waals surface area contributed by atoms with Gasteiger partial charge in [-0.1, -0.05) is 30.3 Å². The highest BCUT2D eigenvalue weighted by molar-refractivity contribution is 5.94. The van der Waals surface area contributed by atoms with E-state index in [2.05, 4.69) is 15.6 Å². The first-order valence-electron chi connectivity index (χ1n) is 9.42. The first-order chi connectivity index (χ1) is 14.2. The van der Waals surface area contributed by atoms with Gasteiger partial charge in [-0.25, -0.2) is 4.98 Å². The van der Waals surface area contributed by atoms with E-state index in [0.29, 0.717) is 30.9 Å². The van der Waals surface area contributed by atoms with Crippen LogP contribution < -0.4 is 20.1 Å². The maximum absolute atomic E-state index is 12.3. The van der Waals surface area contributed by atoms with E-state index in [1.807, 2.05) is 48.5 Å². The number of benzene rings is 2. The number of amides is 1. The Kier molecular flexibility index (Phi) is 7.05. The van der Waals surface area contributed by atoms with Gasteiger partial charge in [0, 0.05) is 19.3 Å². The van der Waals surface area contributed by atoms with Crippen LogP contribution in [0, 0.1) is 0 Å². The van der Waals surface area contributed by atoms with E-state index in [1.54, 1.807) is 32.5 Å². The number of nitrogens with one attached hydrogen (secondary N) is 2. The van der Waals surface area contributed by atoms with Crippen molar-refractivity contribution >= 4 is 11.7 Å². The molecule has 0 saturated carbocycles. The fourth-order valence-electron chi connectivity index (χ4n) is 2.89. The van der Waals surface area contributed by atoms with Crippen LogP contribution in [-0.2, 0) is 13.0 Å². The summed E-state index contributed by atoms with van der Waals surface area (Å²) in [5.41, 5.74) is 2.71. The molecule has 0 aliphatic carbocycles. The molecule has 0 bridgehead atoms. The number of rotatable bonds is 9. The molecule has 2 aromatic carbocycles. The second-order valence-corrected chi connectivity index (χ2v) is 6.45. The van der Waals surface area contributed by atoms with Crippen molar-refractivity contribution in [2.24, 2.45) is 0 Å². The van der Waals surface area contributed by atoms with Crippen molar-refractivity contribution < 1.29 is 14.3 Å². The van der Waals surface area contributed by atoms with E-state index in [-0.39, 0.29) is 5.91 Å². The van der Waals surface area contributed by atoms with Crippen molar-refractivity contribution in [3.8, 4) is 11.5 Å². The highest BCUT2D eigenvalue weighted by atomic mass is 16.5. The van der Waals surface area contributed by atoms with Gasteiger partial charge in [0.25, 0.3) is 5.91 Å². The molecule has 0 unspecified atom stereocenters. The van der Waals surface area contributed by atoms with Crippen LogP contribution in [0.5, 0.6) is 11.5 Å². The van der Waals surface area contributed by atoms with Crippen LogP contribution >= 0.6 is 0 Å². The molecule has 0 atom stereocenters. The zero-order valence-electron chi connectivity index (χ0n) is 16.6. The quantitative estimate of drug-likeness (QED) is 0.582. The Labute approximate surface area is 170 Å². The van der Waals surface area contributed by atoms with E-state index in [1.165, 1.54) is 0 Å². The molecule has 1 heterocycles. The van der Waals surface area contributed by atoms with Gasteiger partial charge >= 0.3 is 0 Å². The normalized spacial score (nSPS) is 10.3. The summed E-state index contributed by atoms with van der Waals surface area (Å²) < 4.78 is 10.5. The van der Waals surface area contributed by atoms with Crippen molar-refractivity contribution in [1.29, 1.82) is 0 Å². The Bertz CT molecular complexity index is 925. The highest BCUT2D eigenvalue weighted by Gasteiger charge is 2.07. The lowest BCUT2D eigenvalue weighted by atomic mass is 10.1. The van der Waals surface area contributed by atoms with Gasteiger partial charge in [0.05, 0.1) is 19.8 Å². The van der Waals surface area contributed by atoms with Crippen molar-refractivity contribution in [1.82, 2.24) is 10.3 Å². The third-order valence-corrected chi connectivity index (χ3v) is 4.53. The van der Waals surface area contributed by atoms with Crippen molar-refractivity contribution in [2.45, 2.75) is 13.0 Å². The van der Waals surface area contributed by atoms with Crippen LogP contribution in [0.3, 0.4) is 0 Å². The summed E-state index contributed by atoms with van der Waals surface area (Å²) >= 11 is 0. The third kappa shape index (κ3) is 5.72. The number of anilines is 1. The average Bonchev–Trinajstić information content (AvgIpc) is 2.78. The van der Waals surface area contributed by atoms with E-state index in [0.717, 1.165) is 22.6 Å². The summed E-state index contributed by atoms with van der Waals surface area (Å²) in [5.74, 6) is 2.23. The molecule has 0 aliphatic heterocycles. The molecule has 3 aromatic rings. The van der Waals surface area contributed by atoms with Gasteiger partial charge in [0.15, 0.2) is 0 Å². The molecule has 0 aliphatic rings. The molecule has 0 saturated heterocycles. The lowest BCUT2D eigenvalue weighted by molar-refractivity contribution is 0.0953. The number of hydrogen-bond acceptors (Lipinski definition) is 5. The van der Waals surface area contributed by atoms with Crippen LogP contribution in [-0.4, -0.2) is 31.7 Å². The van der Waals surface area contributed by atoms with Gasteiger partial charge in [-0.2, -0.15) is 0 Å². The second kappa shape index (κ2) is 10.1. The zero-order valence-corrected chi connectivity index (χ0v) is 16.6. The zero-order chi connectivity index (χ0) is 20.5. The van der Waals surface area contributed by atoms with Gasteiger partial charge in [0.2, 0.25) is 0 Å². The molecule has 6 nitrogen and oxygen atoms in total. The molecule has 3 rings (SSSR count). The smallest absolute Gasteiger partial charge is 0.252 e. The number of pyridine rings is 1. The molecule has 2 N–H and O–H groups in total. The third-order valence-electron chi connectivity index (χ3n) is 4.53. The van der Waals surface area contributed by atoms with E-state index >= 15 is 0 Å². The lowest BCUT2D eigenvalue weighted by Gasteiger charge is -2.10. The SMILES string of the molecule is COc1ccc(CNc2ccc(C(=O)NCCc3ccccc3OC)cn2)cc1. The van der Waals surface area contributed by atoms with Gasteiger partial charge in [-0.3, -0.25) is 4.79 Å². The number of methoxy groups -OCH3 is 2. The van der Waals surface area contributed by atoms with E-state index in [4.69, 9.17) is 9.47 Å². The first-order valence-corrected chi connectivity index (χ1v) is 9.42. The maximum atomic E-state index is 12.3. The minimum atomic E-state index is -0.144. The van der Waals surface area contributed by atoms with Gasteiger partial charge < -0.3 is 20.1 Å². The van der Waals surface area contributed by atoms with Gasteiger partial charge in [-0.05, 0) is 47.9 Å². The summed E-state index contributed by atoms with van der Waals surface area (Å²) in [6.45, 7) is 1.16. The Morgan fingerprint density at radius 3 is 2.45 bits per heavy atom. The van der Waals surface area contributed by atoms with Crippen LogP contribution in [0.15, 0.2) is 66.9 Å². The number of aromatic nitrogens is 1. The van der Waals surface area contributed by atoms with Gasteiger partial charge in [-0.15, -0.1) is 0 Å². The summed E-state index contributed by atoms with van der Waals surface area (Å²) in [7, 11) is 3.29. The van der Waals surface area contributed by atoms with E-state index < -0.39 is 0 Å². The van der Waals surface area contributed by atoms with Crippen LogP contribution in [0.1, 0.15) is 21.5 Å². The molecular weight excluding hydrogens is 366 g/mol. The topological polar surface area (TPSA) is 72.5 Å². The van der Waals surface area contributed by atoms with Crippen molar-refractivity contribution in [2.75, 3.05) is 26.1 Å². The number of nitrogens with zero attached hydrogens (tertiary/aromatic N) is 1. The van der Waals surface area contributed by atoms with Crippen molar-refractivity contribution in [3.63, 3.8) is 0 Å². The predicted molar refractivity (Wildman–Crippen MR) is 114 cm³/mol. The molecule has 29 heavy (non-hydrogen) atoms. The minimum absolute atomic E-state index is 0.144. The molecule has 6 heteroatoms. The summed E-state index contributed by atoms with van der Waals surface area (Å²) in [5, 5.41) is 6.16. The summed E-state index contributed by atoms with van der Waals surface area (Å²) in [6, 6.07) is 19.2. The van der Waals surface area contributed by atoms with Crippen molar-refractivity contribution in [3.05, 3.63) is 83.6 Å². The number of carbonyl (C=O) groups is 1. The molecule has 1 aromatic heterocycles. The molecule has 150 valence electrons. The number of ether oxygens (including phenoxy) is 2. The molecule has 1 amide bonds. The highest BCUT2D eigenvalue weighted by Crippen LogP contribution is 2.17. The van der Waals surface area contributed by atoms with Crippen LogP contribution in [0.25, 0.3) is 0 Å². The average molecular weight is 391 g/mol. The largest absolute Gasteiger partial charge is 0.497 e. The summed E-state index contributed by atoms with van der Waals surface area (Å²) in [6.07, 6.45) is 2.28.